The van der Waals surface area contributed by atoms with Gasteiger partial charge in [-0.1, -0.05) is 30.3 Å². The van der Waals surface area contributed by atoms with E-state index in [0.717, 1.165) is 18.1 Å². The van der Waals surface area contributed by atoms with Crippen LogP contribution in [-0.4, -0.2) is 210 Å². The van der Waals surface area contributed by atoms with Gasteiger partial charge in [0.05, 0.1) is 21.3 Å². The maximum Gasteiger partial charge on any atom is 0.289 e. The summed E-state index contributed by atoms with van der Waals surface area (Å²) < 4.78 is 26.2. The van der Waals surface area contributed by atoms with Gasteiger partial charge in [0.2, 0.25) is 47.2 Å². The second-order valence-corrected chi connectivity index (χ2v) is 19.5. The minimum Gasteiger partial charge on any atom is -0.504 e. The predicted molar refractivity (Wildman–Crippen MR) is 248 cm³/mol. The zero-order valence-electron chi connectivity index (χ0n) is 41.1. The van der Waals surface area contributed by atoms with Crippen LogP contribution in [0.15, 0.2) is 54.6 Å². The van der Waals surface area contributed by atoms with Crippen LogP contribution in [0.2, 0.25) is 0 Å². The smallest absolute Gasteiger partial charge is 0.289 e. The molecule has 2 atom stereocenters. The first-order valence-electron chi connectivity index (χ1n) is 23.2. The molecule has 4 aromatic rings. The molecule has 0 amide bonds. The van der Waals surface area contributed by atoms with Crippen molar-refractivity contribution in [3.63, 3.8) is 0 Å². The Morgan fingerprint density at radius 1 is 0.577 bits per heavy atom. The fraction of sp³-hybridized carbons (Fsp3) is 0.458. The molecule has 21 N–H and O–H groups in total. The number of phenols is 4. The van der Waals surface area contributed by atoms with E-state index in [9.17, 15) is 117 Å². The molecular weight excluding hydrogens is 1050 g/mol. The Labute approximate surface area is 437 Å². The number of rotatable bonds is 15. The van der Waals surface area contributed by atoms with Crippen LogP contribution in [-0.2, 0) is 24.0 Å². The van der Waals surface area contributed by atoms with Gasteiger partial charge in [0, 0.05) is 48.3 Å². The average Bonchev–Trinajstić information content (AvgIpc) is 3.73. The number of methoxy groups -OCH3 is 3. The Morgan fingerprint density at radius 3 is 1.50 bits per heavy atom. The second-order valence-electron chi connectivity index (χ2n) is 19.5. The molecule has 78 heavy (non-hydrogen) atoms. The number of benzene rings is 4. The first-order chi connectivity index (χ1) is 35.9. The molecule has 426 valence electrons. The summed E-state index contributed by atoms with van der Waals surface area (Å²) in [4.78, 5) is 27.9. The Bertz CT molecular complexity index is 2990. The summed E-state index contributed by atoms with van der Waals surface area (Å²) in [6.07, 6.45) is -3.23. The summed E-state index contributed by atoms with van der Waals surface area (Å²) in [6, 6.07) is 10.1. The number of hydrogen-bond donors (Lipinski definition) is 21. The molecule has 4 aliphatic rings. The molecule has 0 bridgehead atoms. The molecule has 30 nitrogen and oxygen atoms in total. The quantitative estimate of drug-likeness (QED) is 0.0300. The lowest BCUT2D eigenvalue weighted by Gasteiger charge is -2.63. The van der Waals surface area contributed by atoms with Gasteiger partial charge in [0.25, 0.3) is 29.3 Å². The van der Waals surface area contributed by atoms with E-state index in [1.165, 1.54) is 50.6 Å². The van der Waals surface area contributed by atoms with Crippen LogP contribution in [0.25, 0.3) is 0 Å². The topological polar surface area (TPSA) is 512 Å². The number of aliphatic hydroxyl groups is 17. The standard InChI is InChI=1S/C48H56N2O28/c1-74-27-13-23-25(15-28(27)75-2)42(60,61)39(57,37(23)55)17-21-9-11-49(12-10-21)44(64,65)31-32(51)34(53)36(35(54)33(31)52)78-20-77-30-14-24-26(16-29(30)76-3)43(62,63)40(58,38(24)56)19-41(59)45(66,67)47(70,71)50(48(72,73)46(41,68)69)18-22-7-5-4-6-8-22/h4-8,13-16,21,51-54,57-73H,9-12,17-20H2,1-3H3. The van der Waals surface area contributed by atoms with Crippen molar-refractivity contribution in [2.24, 2.45) is 5.92 Å². The van der Waals surface area contributed by atoms with Crippen LogP contribution >= 0.6 is 0 Å². The van der Waals surface area contributed by atoms with E-state index in [2.05, 4.69) is 0 Å². The highest BCUT2D eigenvalue weighted by atomic mass is 16.7. The number of fused-ring (bicyclic) bond motifs is 2. The van der Waals surface area contributed by atoms with Gasteiger partial charge < -0.3 is 131 Å². The lowest BCUT2D eigenvalue weighted by Crippen LogP contribution is -2.93. The third-order valence-electron chi connectivity index (χ3n) is 15.3. The molecule has 0 radical (unpaired) electrons. The number of piperidine rings is 2. The lowest BCUT2D eigenvalue weighted by molar-refractivity contribution is -0.599. The Hall–Kier alpha value is -6.34. The van der Waals surface area contributed by atoms with E-state index in [4.69, 9.17) is 23.7 Å². The van der Waals surface area contributed by atoms with Crippen molar-refractivity contribution in [1.29, 1.82) is 0 Å². The number of ketones is 2. The molecular formula is C48H56N2O28. The monoisotopic (exact) mass is 1110 g/mol. The zero-order chi connectivity index (χ0) is 58.1. The van der Waals surface area contributed by atoms with Gasteiger partial charge in [0.1, 0.15) is 5.56 Å². The third kappa shape index (κ3) is 7.84. The molecule has 30 heteroatoms. The fourth-order valence-electron chi connectivity index (χ4n) is 10.6. The van der Waals surface area contributed by atoms with Gasteiger partial charge in [-0.2, -0.15) is 4.90 Å². The van der Waals surface area contributed by atoms with Crippen molar-refractivity contribution in [3.8, 4) is 51.7 Å². The summed E-state index contributed by atoms with van der Waals surface area (Å²) in [6.45, 7) is -3.11. The van der Waals surface area contributed by atoms with Crippen molar-refractivity contribution in [3.05, 3.63) is 88.0 Å². The highest BCUT2D eigenvalue weighted by Crippen LogP contribution is 2.59. The first-order valence-corrected chi connectivity index (χ1v) is 23.2. The molecule has 8 rings (SSSR count). The Balaban J connectivity index is 0.986. The maximum atomic E-state index is 14.0. The third-order valence-corrected chi connectivity index (χ3v) is 15.3. The molecule has 2 unspecified atom stereocenters. The summed E-state index contributed by atoms with van der Waals surface area (Å²) in [5.41, 5.74) is -15.7. The lowest BCUT2D eigenvalue weighted by atomic mass is 9.67. The highest BCUT2D eigenvalue weighted by molar-refractivity contribution is 6.09. The fourth-order valence-corrected chi connectivity index (χ4v) is 10.6. The van der Waals surface area contributed by atoms with E-state index in [1.54, 1.807) is 0 Å². The van der Waals surface area contributed by atoms with Gasteiger partial charge in [-0.25, -0.2) is 4.90 Å². The number of carbonyl (C=O) groups is 2. The Kier molecular flexibility index (Phi) is 13.8. The van der Waals surface area contributed by atoms with E-state index < -0.39 is 163 Å². The molecule has 2 heterocycles. The summed E-state index contributed by atoms with van der Waals surface area (Å²) >= 11 is 0. The van der Waals surface area contributed by atoms with Gasteiger partial charge in [-0.15, -0.1) is 0 Å². The van der Waals surface area contributed by atoms with Gasteiger partial charge >= 0.3 is 0 Å². The molecule has 0 aromatic heterocycles. The van der Waals surface area contributed by atoms with Crippen molar-refractivity contribution >= 4 is 11.6 Å². The highest BCUT2D eigenvalue weighted by Gasteiger charge is 2.86. The van der Waals surface area contributed by atoms with E-state index in [-0.39, 0.29) is 54.1 Å². The van der Waals surface area contributed by atoms with Crippen LogP contribution in [0.3, 0.4) is 0 Å². The normalized spacial score (nSPS) is 24.8. The molecule has 2 aliphatic carbocycles. The number of carbonyl (C=O) groups excluding carboxylic acids is 2. The second kappa shape index (κ2) is 18.6. The number of likely N-dealkylation sites (tertiary alicyclic amines) is 2. The molecule has 4 aromatic carbocycles. The number of phenolic OH excluding ortho intramolecular Hbond substituents is 4. The Morgan fingerprint density at radius 2 is 1.01 bits per heavy atom. The number of ether oxygens (including phenoxy) is 5. The molecule has 0 saturated carbocycles. The van der Waals surface area contributed by atoms with Crippen LogP contribution < -0.4 is 23.7 Å². The number of hydrogen-bond acceptors (Lipinski definition) is 30. The van der Waals surface area contributed by atoms with Gasteiger partial charge in [0.15, 0.2) is 51.3 Å². The van der Waals surface area contributed by atoms with Crippen molar-refractivity contribution in [1.82, 2.24) is 9.80 Å². The van der Waals surface area contributed by atoms with E-state index >= 15 is 0 Å². The molecule has 2 saturated heterocycles. The minimum absolute atomic E-state index is 0.0313. The summed E-state index contributed by atoms with van der Waals surface area (Å²) in [5.74, 6) is -41.4. The predicted octanol–water partition coefficient (Wildman–Crippen LogP) is -5.75. The van der Waals surface area contributed by atoms with Crippen LogP contribution in [0.4, 0.5) is 0 Å². The van der Waals surface area contributed by atoms with Crippen molar-refractivity contribution in [2.75, 3.05) is 41.2 Å². The van der Waals surface area contributed by atoms with Gasteiger partial charge in [-0.05, 0) is 55.0 Å². The molecule has 2 fully saturated rings. The first kappa shape index (κ1) is 57.8. The largest absolute Gasteiger partial charge is 0.504 e. The SMILES string of the molecule is COc1cc2c(cc1OC)C(O)(O)C(O)(CC1CCN(C(O)(O)c3c(O)c(O)c(OCOc4cc5c(cc4OC)C(O)(O)C(O)(CC4(O)C(O)(O)C(O)(O)N(Cc6ccccc6)C(O)(O)C4(O)O)C5=O)c(O)c3O)CC1)C2=O. The number of Topliss-reactive ketones (excluding diaryl/α,β-unsaturated/α-hetero) is 2. The van der Waals surface area contributed by atoms with Crippen LogP contribution in [0.5, 0.6) is 51.7 Å². The number of aromatic hydroxyl groups is 4. The zero-order valence-corrected chi connectivity index (χ0v) is 41.1. The van der Waals surface area contributed by atoms with Crippen molar-refractivity contribution < 1.29 is 141 Å². The van der Waals surface area contributed by atoms with E-state index in [0.29, 0.717) is 12.1 Å². The van der Waals surface area contributed by atoms with Crippen LogP contribution in [0, 0.1) is 5.92 Å². The summed E-state index contributed by atoms with van der Waals surface area (Å²) in [7, 11) is 3.49. The molecule has 2 aliphatic heterocycles. The van der Waals surface area contributed by atoms with Gasteiger partial charge in [-0.3, -0.25) is 9.59 Å². The van der Waals surface area contributed by atoms with Crippen molar-refractivity contribution in [2.45, 2.75) is 89.9 Å². The maximum absolute atomic E-state index is 14.0. The minimum atomic E-state index is -4.88. The number of nitrogens with zero attached hydrogens (tertiary/aromatic N) is 2. The average molecular weight is 1110 g/mol. The van der Waals surface area contributed by atoms with Crippen LogP contribution in [0.1, 0.15) is 68.7 Å². The van der Waals surface area contributed by atoms with E-state index in [1.807, 2.05) is 0 Å². The molecule has 0 spiro atoms. The summed E-state index contributed by atoms with van der Waals surface area (Å²) in [5, 5.41) is 235.